The number of carboxylic acids is 1. The van der Waals surface area contributed by atoms with Crippen LogP contribution in [0, 0.1) is 0 Å². The Hall–Kier alpha value is -2.78. The fourth-order valence-corrected chi connectivity index (χ4v) is 6.17. The third-order valence-electron chi connectivity index (χ3n) is 6.29. The minimum absolute atomic E-state index is 0.00666. The SMILES string of the molecule is O=C(O)C1(S(=O)(=O)c2ccc(Oc3ccc4c(c3)OCO4)cc2)CCN(C2CC2)CC1. The first-order chi connectivity index (χ1) is 14.9. The lowest BCUT2D eigenvalue weighted by Gasteiger charge is -2.38. The summed E-state index contributed by atoms with van der Waals surface area (Å²) in [4.78, 5) is 14.3. The standard InChI is InChI=1S/C22H23NO7S/c24-21(25)22(9-11-23(12-10-22)15-1-2-15)31(26,27)18-6-3-16(4-7-18)30-17-5-8-19-20(13-17)29-14-28-19/h3-8,13,15H,1-2,9-12,14H2,(H,24,25). The number of aliphatic carboxylic acids is 1. The number of rotatable bonds is 6. The minimum atomic E-state index is -4.07. The average molecular weight is 445 g/mol. The smallest absolute Gasteiger partial charge is 0.325 e. The van der Waals surface area contributed by atoms with Gasteiger partial charge in [-0.05, 0) is 62.1 Å². The summed E-state index contributed by atoms with van der Waals surface area (Å²) in [5.74, 6) is 0.904. The molecule has 0 spiro atoms. The zero-order valence-corrected chi connectivity index (χ0v) is 17.6. The van der Waals surface area contributed by atoms with E-state index in [2.05, 4.69) is 4.90 Å². The highest BCUT2D eigenvalue weighted by Crippen LogP contribution is 2.40. The summed E-state index contributed by atoms with van der Waals surface area (Å²) >= 11 is 0. The molecule has 1 aliphatic carbocycles. The third-order valence-corrected chi connectivity index (χ3v) is 8.79. The van der Waals surface area contributed by atoms with E-state index >= 15 is 0 Å². The van der Waals surface area contributed by atoms with Crippen molar-refractivity contribution >= 4 is 15.8 Å². The minimum Gasteiger partial charge on any atom is -0.480 e. The number of carbonyl (C=O) groups is 1. The molecule has 2 heterocycles. The molecule has 0 bridgehead atoms. The molecule has 1 N–H and O–H groups in total. The molecule has 1 saturated carbocycles. The summed E-state index contributed by atoms with van der Waals surface area (Å²) in [6.45, 7) is 1.14. The quantitative estimate of drug-likeness (QED) is 0.724. The number of hydrogen-bond donors (Lipinski definition) is 1. The maximum absolute atomic E-state index is 13.4. The van der Waals surface area contributed by atoms with Gasteiger partial charge < -0.3 is 24.2 Å². The van der Waals surface area contributed by atoms with Gasteiger partial charge in [0, 0.05) is 25.2 Å². The monoisotopic (exact) mass is 445 g/mol. The Labute approximate surface area is 180 Å². The number of nitrogens with zero attached hydrogens (tertiary/aromatic N) is 1. The topological polar surface area (TPSA) is 102 Å². The predicted molar refractivity (Wildman–Crippen MR) is 110 cm³/mol. The van der Waals surface area contributed by atoms with Crippen molar-refractivity contribution in [2.24, 2.45) is 0 Å². The van der Waals surface area contributed by atoms with Crippen LogP contribution in [-0.4, -0.2) is 55.1 Å². The van der Waals surface area contributed by atoms with Crippen LogP contribution in [0.2, 0.25) is 0 Å². The lowest BCUT2D eigenvalue weighted by Crippen LogP contribution is -2.54. The molecular formula is C22H23NO7S. The van der Waals surface area contributed by atoms with Crippen molar-refractivity contribution in [3.05, 3.63) is 42.5 Å². The second-order valence-corrected chi connectivity index (χ2v) is 10.4. The maximum atomic E-state index is 13.4. The van der Waals surface area contributed by atoms with Crippen LogP contribution < -0.4 is 14.2 Å². The lowest BCUT2D eigenvalue weighted by molar-refractivity contribution is -0.141. The molecule has 31 heavy (non-hydrogen) atoms. The van der Waals surface area contributed by atoms with E-state index in [1.807, 2.05) is 0 Å². The summed E-state index contributed by atoms with van der Waals surface area (Å²) in [5.41, 5.74) is 0. The van der Waals surface area contributed by atoms with Crippen LogP contribution in [0.4, 0.5) is 0 Å². The fraction of sp³-hybridized carbons (Fsp3) is 0.409. The molecule has 0 aromatic heterocycles. The zero-order valence-electron chi connectivity index (χ0n) is 16.8. The second-order valence-electron chi connectivity index (χ2n) is 8.16. The Balaban J connectivity index is 1.35. The van der Waals surface area contributed by atoms with Crippen LogP contribution in [0.3, 0.4) is 0 Å². The van der Waals surface area contributed by atoms with Crippen molar-refractivity contribution in [3.8, 4) is 23.0 Å². The first-order valence-electron chi connectivity index (χ1n) is 10.3. The van der Waals surface area contributed by atoms with E-state index in [-0.39, 0.29) is 24.5 Å². The number of likely N-dealkylation sites (tertiary alicyclic amines) is 1. The van der Waals surface area contributed by atoms with Gasteiger partial charge >= 0.3 is 5.97 Å². The largest absolute Gasteiger partial charge is 0.480 e. The van der Waals surface area contributed by atoms with E-state index in [1.54, 1.807) is 18.2 Å². The van der Waals surface area contributed by atoms with Crippen molar-refractivity contribution in [3.63, 3.8) is 0 Å². The van der Waals surface area contributed by atoms with Crippen LogP contribution in [0.15, 0.2) is 47.4 Å². The Bertz CT molecular complexity index is 1100. The number of sulfone groups is 1. The highest BCUT2D eigenvalue weighted by atomic mass is 32.2. The molecule has 0 unspecified atom stereocenters. The maximum Gasteiger partial charge on any atom is 0.325 e. The summed E-state index contributed by atoms with van der Waals surface area (Å²) in [6.07, 6.45) is 2.41. The van der Waals surface area contributed by atoms with Gasteiger partial charge in [0.25, 0.3) is 0 Å². The fourth-order valence-electron chi connectivity index (χ4n) is 4.28. The molecule has 0 atom stereocenters. The predicted octanol–water partition coefficient (Wildman–Crippen LogP) is 3.06. The van der Waals surface area contributed by atoms with Crippen molar-refractivity contribution in [1.29, 1.82) is 0 Å². The van der Waals surface area contributed by atoms with E-state index < -0.39 is 20.6 Å². The molecule has 3 aliphatic rings. The normalized spacial score (nSPS) is 20.4. The molecular weight excluding hydrogens is 422 g/mol. The summed E-state index contributed by atoms with van der Waals surface area (Å²) < 4.78 is 41.3. The molecule has 9 heteroatoms. The van der Waals surface area contributed by atoms with Crippen molar-refractivity contribution in [2.75, 3.05) is 19.9 Å². The Morgan fingerprint density at radius 1 is 1.00 bits per heavy atom. The number of hydrogen-bond acceptors (Lipinski definition) is 7. The average Bonchev–Trinajstić information content (AvgIpc) is 3.51. The third kappa shape index (κ3) is 3.51. The van der Waals surface area contributed by atoms with Crippen molar-refractivity contribution < 1.29 is 32.5 Å². The number of carboxylic acid groups (broad SMARTS) is 1. The van der Waals surface area contributed by atoms with Crippen LogP contribution in [0.5, 0.6) is 23.0 Å². The van der Waals surface area contributed by atoms with Gasteiger partial charge in [0.05, 0.1) is 4.90 Å². The van der Waals surface area contributed by atoms with Crippen LogP contribution in [0.1, 0.15) is 25.7 Å². The summed E-state index contributed by atoms with van der Waals surface area (Å²) in [7, 11) is -4.07. The number of piperidine rings is 1. The van der Waals surface area contributed by atoms with E-state index in [4.69, 9.17) is 14.2 Å². The summed E-state index contributed by atoms with van der Waals surface area (Å²) in [5, 5.41) is 9.91. The van der Waals surface area contributed by atoms with E-state index in [1.165, 1.54) is 24.3 Å². The Morgan fingerprint density at radius 2 is 1.65 bits per heavy atom. The molecule has 2 aromatic carbocycles. The lowest BCUT2D eigenvalue weighted by atomic mass is 9.95. The van der Waals surface area contributed by atoms with Gasteiger partial charge in [-0.15, -0.1) is 0 Å². The number of ether oxygens (including phenoxy) is 3. The zero-order chi connectivity index (χ0) is 21.6. The van der Waals surface area contributed by atoms with E-state index in [9.17, 15) is 18.3 Å². The highest BCUT2D eigenvalue weighted by Gasteiger charge is 2.54. The number of fused-ring (bicyclic) bond motifs is 1. The van der Waals surface area contributed by atoms with Crippen LogP contribution in [-0.2, 0) is 14.6 Å². The molecule has 2 aromatic rings. The van der Waals surface area contributed by atoms with Gasteiger partial charge in [-0.2, -0.15) is 0 Å². The van der Waals surface area contributed by atoms with Crippen LogP contribution in [0.25, 0.3) is 0 Å². The molecule has 2 fully saturated rings. The van der Waals surface area contributed by atoms with Crippen molar-refractivity contribution in [1.82, 2.24) is 4.90 Å². The van der Waals surface area contributed by atoms with Gasteiger partial charge in [0.1, 0.15) is 11.5 Å². The van der Waals surface area contributed by atoms with E-state index in [0.717, 1.165) is 12.8 Å². The van der Waals surface area contributed by atoms with Gasteiger partial charge in [0.2, 0.25) is 6.79 Å². The molecule has 5 rings (SSSR count). The molecule has 0 amide bonds. The Kier molecular flexibility index (Phi) is 4.82. The van der Waals surface area contributed by atoms with Crippen molar-refractivity contribution in [2.45, 2.75) is 41.4 Å². The summed E-state index contributed by atoms with van der Waals surface area (Å²) in [6, 6.07) is 11.5. The van der Waals surface area contributed by atoms with Gasteiger partial charge in [-0.1, -0.05) is 0 Å². The molecule has 1 saturated heterocycles. The van der Waals surface area contributed by atoms with Gasteiger partial charge in [-0.25, -0.2) is 8.42 Å². The van der Waals surface area contributed by atoms with Gasteiger partial charge in [0.15, 0.2) is 26.1 Å². The van der Waals surface area contributed by atoms with Gasteiger partial charge in [-0.3, -0.25) is 4.79 Å². The molecule has 0 radical (unpaired) electrons. The molecule has 2 aliphatic heterocycles. The Morgan fingerprint density at radius 3 is 2.29 bits per heavy atom. The molecule has 164 valence electrons. The first-order valence-corrected chi connectivity index (χ1v) is 11.8. The highest BCUT2D eigenvalue weighted by molar-refractivity contribution is 7.93. The van der Waals surface area contributed by atoms with Crippen LogP contribution >= 0.6 is 0 Å². The van der Waals surface area contributed by atoms with E-state index in [0.29, 0.717) is 42.1 Å². The number of benzene rings is 2. The first kappa shape index (κ1) is 20.1. The second kappa shape index (κ2) is 7.42. The molecule has 8 nitrogen and oxygen atoms in total.